The van der Waals surface area contributed by atoms with Crippen molar-refractivity contribution < 1.29 is 29.3 Å². The predicted octanol–water partition coefficient (Wildman–Crippen LogP) is 3.87. The SMILES string of the molecule is CCn1c(CC[C@@H](O)C[C@@H](O)CC(=O)[O-])c(-c2ccc(F)cc2)c(C(C)C)c1C(=O)Nc1ccccc1. The normalized spacial score (nSPS) is 12.9. The molecule has 0 aliphatic heterocycles. The van der Waals surface area contributed by atoms with Gasteiger partial charge in [0.05, 0.1) is 12.2 Å². The van der Waals surface area contributed by atoms with E-state index in [1.165, 1.54) is 12.1 Å². The minimum absolute atomic E-state index is 0.0436. The number of nitrogens with one attached hydrogen (secondary N) is 1. The summed E-state index contributed by atoms with van der Waals surface area (Å²) in [6.07, 6.45) is -2.24. The number of hydrogen-bond donors (Lipinski definition) is 3. The Labute approximate surface area is 216 Å². The fraction of sp³-hybridized carbons (Fsp3) is 0.379. The first-order chi connectivity index (χ1) is 17.6. The largest absolute Gasteiger partial charge is 0.550 e. The summed E-state index contributed by atoms with van der Waals surface area (Å²) < 4.78 is 15.7. The molecule has 0 saturated carbocycles. The number of rotatable bonds is 12. The van der Waals surface area contributed by atoms with E-state index in [1.54, 1.807) is 12.1 Å². The lowest BCUT2D eigenvalue weighted by Crippen LogP contribution is -2.29. The fourth-order valence-electron chi connectivity index (χ4n) is 4.77. The van der Waals surface area contributed by atoms with Crippen LogP contribution >= 0.6 is 0 Å². The van der Waals surface area contributed by atoms with Crippen LogP contribution in [-0.2, 0) is 17.8 Å². The molecule has 3 aromatic rings. The number of amides is 1. The van der Waals surface area contributed by atoms with Gasteiger partial charge in [0.1, 0.15) is 11.5 Å². The molecule has 1 amide bonds. The molecule has 0 aliphatic carbocycles. The number of benzene rings is 2. The number of aliphatic hydroxyl groups is 2. The van der Waals surface area contributed by atoms with Crippen molar-refractivity contribution >= 4 is 17.6 Å². The predicted molar refractivity (Wildman–Crippen MR) is 139 cm³/mol. The summed E-state index contributed by atoms with van der Waals surface area (Å²) in [5.74, 6) is -2.06. The minimum Gasteiger partial charge on any atom is -0.550 e. The molecule has 0 fully saturated rings. The van der Waals surface area contributed by atoms with Crippen molar-refractivity contribution in [2.75, 3.05) is 5.32 Å². The van der Waals surface area contributed by atoms with Gasteiger partial charge in [-0.15, -0.1) is 0 Å². The van der Waals surface area contributed by atoms with Crippen molar-refractivity contribution in [1.29, 1.82) is 0 Å². The highest BCUT2D eigenvalue weighted by Crippen LogP contribution is 2.39. The van der Waals surface area contributed by atoms with Crippen molar-refractivity contribution in [2.45, 2.75) is 71.1 Å². The van der Waals surface area contributed by atoms with Crippen LogP contribution in [0.1, 0.15) is 67.7 Å². The van der Waals surface area contributed by atoms with E-state index >= 15 is 0 Å². The van der Waals surface area contributed by atoms with E-state index in [0.29, 0.717) is 24.3 Å². The van der Waals surface area contributed by atoms with Crippen molar-refractivity contribution in [1.82, 2.24) is 4.57 Å². The summed E-state index contributed by atoms with van der Waals surface area (Å²) in [6, 6.07) is 15.3. The number of nitrogens with zero attached hydrogens (tertiary/aromatic N) is 1. The lowest BCUT2D eigenvalue weighted by atomic mass is 9.91. The molecule has 0 unspecified atom stereocenters. The smallest absolute Gasteiger partial charge is 0.272 e. The van der Waals surface area contributed by atoms with Gasteiger partial charge in [-0.1, -0.05) is 44.2 Å². The van der Waals surface area contributed by atoms with Crippen LogP contribution in [0.25, 0.3) is 11.1 Å². The monoisotopic (exact) mass is 509 g/mol. The van der Waals surface area contributed by atoms with Crippen molar-refractivity contribution in [3.63, 3.8) is 0 Å². The summed E-state index contributed by atoms with van der Waals surface area (Å²) in [4.78, 5) is 24.4. The molecule has 0 saturated heterocycles. The zero-order valence-electron chi connectivity index (χ0n) is 21.4. The number of para-hydroxylation sites is 1. The number of aliphatic hydroxyl groups excluding tert-OH is 2. The molecule has 1 aromatic heterocycles. The Hall–Kier alpha value is -3.49. The number of aliphatic carboxylic acids is 1. The molecule has 0 aliphatic rings. The molecule has 7 nitrogen and oxygen atoms in total. The number of aromatic nitrogens is 1. The van der Waals surface area contributed by atoms with Gasteiger partial charge in [0, 0.05) is 35.9 Å². The van der Waals surface area contributed by atoms with Crippen molar-refractivity contribution in [3.8, 4) is 11.1 Å². The van der Waals surface area contributed by atoms with E-state index in [0.717, 1.165) is 22.4 Å². The molecule has 198 valence electrons. The number of carbonyl (C=O) groups is 2. The van der Waals surface area contributed by atoms with Crippen molar-refractivity contribution in [2.24, 2.45) is 0 Å². The Kier molecular flexibility index (Phi) is 9.60. The van der Waals surface area contributed by atoms with Crippen LogP contribution in [0.3, 0.4) is 0 Å². The summed E-state index contributed by atoms with van der Waals surface area (Å²) in [7, 11) is 0. The first-order valence-corrected chi connectivity index (χ1v) is 12.6. The van der Waals surface area contributed by atoms with Crippen LogP contribution in [0.5, 0.6) is 0 Å². The summed E-state index contributed by atoms with van der Waals surface area (Å²) in [6.45, 7) is 6.41. The average Bonchev–Trinajstić information content (AvgIpc) is 3.18. The minimum atomic E-state index is -1.38. The molecule has 8 heteroatoms. The lowest BCUT2D eigenvalue weighted by Gasteiger charge is -2.18. The fourth-order valence-corrected chi connectivity index (χ4v) is 4.77. The maximum Gasteiger partial charge on any atom is 0.272 e. The van der Waals surface area contributed by atoms with Gasteiger partial charge in [-0.2, -0.15) is 0 Å². The van der Waals surface area contributed by atoms with E-state index in [4.69, 9.17) is 0 Å². The van der Waals surface area contributed by atoms with Gasteiger partial charge in [-0.3, -0.25) is 4.79 Å². The Bertz CT molecular complexity index is 1210. The Morgan fingerprint density at radius 2 is 1.68 bits per heavy atom. The molecule has 0 radical (unpaired) electrons. The maximum atomic E-state index is 13.8. The standard InChI is InChI=1S/C29H35FN2O5/c1-4-32-24(15-14-22(33)16-23(34)17-25(35)36)27(19-10-12-20(30)13-11-19)26(18(2)3)28(32)29(37)31-21-8-6-5-7-9-21/h5-13,18,22-23,33-34H,4,14-17H2,1-3H3,(H,31,37)(H,35,36)/p-1/t22-,23-/m1/s1. The molecule has 2 aromatic carbocycles. The molecule has 37 heavy (non-hydrogen) atoms. The van der Waals surface area contributed by atoms with Gasteiger partial charge in [0.2, 0.25) is 0 Å². The summed E-state index contributed by atoms with van der Waals surface area (Å²) >= 11 is 0. The quantitative estimate of drug-likeness (QED) is 0.343. The van der Waals surface area contributed by atoms with Gasteiger partial charge in [0.25, 0.3) is 5.91 Å². The van der Waals surface area contributed by atoms with Crippen LogP contribution in [0, 0.1) is 5.82 Å². The first kappa shape index (κ1) is 28.1. The number of carboxylic acid groups (broad SMARTS) is 1. The highest BCUT2D eigenvalue weighted by atomic mass is 19.1. The highest BCUT2D eigenvalue weighted by molar-refractivity contribution is 6.06. The number of halogens is 1. The summed E-state index contributed by atoms with van der Waals surface area (Å²) in [5.41, 5.74) is 4.37. The number of hydrogen-bond acceptors (Lipinski definition) is 5. The molecular formula is C29H34FN2O5-. The summed E-state index contributed by atoms with van der Waals surface area (Å²) in [5, 5.41) is 34.2. The highest BCUT2D eigenvalue weighted by Gasteiger charge is 2.29. The average molecular weight is 510 g/mol. The van der Waals surface area contributed by atoms with E-state index in [1.807, 2.05) is 55.7 Å². The van der Waals surface area contributed by atoms with Gasteiger partial charge < -0.3 is 30.0 Å². The third kappa shape index (κ3) is 7.05. The second-order valence-electron chi connectivity index (χ2n) is 9.47. The van der Waals surface area contributed by atoms with Gasteiger partial charge >= 0.3 is 0 Å². The molecule has 0 spiro atoms. The zero-order valence-corrected chi connectivity index (χ0v) is 21.4. The van der Waals surface area contributed by atoms with E-state index < -0.39 is 24.6 Å². The van der Waals surface area contributed by atoms with E-state index in [9.17, 15) is 29.3 Å². The van der Waals surface area contributed by atoms with Gasteiger partial charge in [-0.05, 0) is 67.5 Å². The van der Waals surface area contributed by atoms with Gasteiger partial charge in [-0.25, -0.2) is 4.39 Å². The first-order valence-electron chi connectivity index (χ1n) is 12.6. The third-order valence-electron chi connectivity index (χ3n) is 6.34. The number of anilines is 1. The van der Waals surface area contributed by atoms with E-state index in [-0.39, 0.29) is 30.5 Å². The Morgan fingerprint density at radius 1 is 1.03 bits per heavy atom. The van der Waals surface area contributed by atoms with Crippen LogP contribution < -0.4 is 10.4 Å². The van der Waals surface area contributed by atoms with Gasteiger partial charge in [0.15, 0.2) is 0 Å². The second kappa shape index (κ2) is 12.7. The van der Waals surface area contributed by atoms with Crippen molar-refractivity contribution in [3.05, 3.63) is 77.4 Å². The zero-order chi connectivity index (χ0) is 27.1. The second-order valence-corrected chi connectivity index (χ2v) is 9.47. The molecule has 2 atom stereocenters. The number of carboxylic acids is 1. The molecule has 1 heterocycles. The van der Waals surface area contributed by atoms with Crippen LogP contribution in [0.15, 0.2) is 54.6 Å². The number of carbonyl (C=O) groups excluding carboxylic acids is 2. The maximum absolute atomic E-state index is 13.8. The molecule has 3 N–H and O–H groups in total. The Morgan fingerprint density at radius 3 is 2.24 bits per heavy atom. The Balaban J connectivity index is 2.07. The van der Waals surface area contributed by atoms with Crippen LogP contribution in [0.2, 0.25) is 0 Å². The lowest BCUT2D eigenvalue weighted by molar-refractivity contribution is -0.307. The van der Waals surface area contributed by atoms with Crippen LogP contribution in [0.4, 0.5) is 10.1 Å². The molecule has 3 rings (SSSR count). The molecular weight excluding hydrogens is 475 g/mol. The topological polar surface area (TPSA) is 115 Å². The van der Waals surface area contributed by atoms with Crippen LogP contribution in [-0.4, -0.2) is 38.9 Å². The third-order valence-corrected chi connectivity index (χ3v) is 6.34. The molecule has 0 bridgehead atoms. The van der Waals surface area contributed by atoms with E-state index in [2.05, 4.69) is 5.32 Å².